The van der Waals surface area contributed by atoms with Crippen LogP contribution in [0.15, 0.2) is 48.5 Å². The Hall–Kier alpha value is -2.82. The maximum Gasteiger partial charge on any atom is 0.339 e. The van der Waals surface area contributed by atoms with Gasteiger partial charge in [-0.05, 0) is 35.7 Å². The summed E-state index contributed by atoms with van der Waals surface area (Å²) in [4.78, 5) is 24.7. The van der Waals surface area contributed by atoms with Crippen LogP contribution in [0, 0.1) is 0 Å². The standard InChI is InChI=1S/C20H21NO4/c1-3-17(13-8-10-15(24-2)11-9-13)21-19(22)18-12-14-6-4-5-7-16(14)20(23)25-18/h4-11,17-18H,3,12H2,1-2H3,(H,21,22). The number of benzene rings is 2. The highest BCUT2D eigenvalue weighted by Crippen LogP contribution is 2.23. The molecule has 25 heavy (non-hydrogen) atoms. The molecule has 0 radical (unpaired) electrons. The zero-order chi connectivity index (χ0) is 17.8. The zero-order valence-electron chi connectivity index (χ0n) is 14.3. The molecule has 0 spiro atoms. The first kappa shape index (κ1) is 17.0. The molecule has 0 aromatic heterocycles. The number of ether oxygens (including phenoxy) is 2. The van der Waals surface area contributed by atoms with Crippen LogP contribution in [0.2, 0.25) is 0 Å². The second kappa shape index (κ2) is 7.38. The minimum absolute atomic E-state index is 0.144. The molecular formula is C20H21NO4. The summed E-state index contributed by atoms with van der Waals surface area (Å²) < 4.78 is 10.5. The number of hydrogen-bond donors (Lipinski definition) is 1. The van der Waals surface area contributed by atoms with E-state index >= 15 is 0 Å². The first-order valence-electron chi connectivity index (χ1n) is 8.35. The van der Waals surface area contributed by atoms with Crippen LogP contribution in [-0.4, -0.2) is 25.1 Å². The highest BCUT2D eigenvalue weighted by Gasteiger charge is 2.31. The fourth-order valence-corrected chi connectivity index (χ4v) is 3.00. The second-order valence-electron chi connectivity index (χ2n) is 6.00. The molecule has 1 aliphatic rings. The van der Waals surface area contributed by atoms with Crippen molar-refractivity contribution in [2.75, 3.05) is 7.11 Å². The first-order chi connectivity index (χ1) is 12.1. The van der Waals surface area contributed by atoms with Crippen molar-refractivity contribution in [1.29, 1.82) is 0 Å². The summed E-state index contributed by atoms with van der Waals surface area (Å²) in [7, 11) is 1.61. The Kier molecular flexibility index (Phi) is 5.03. The van der Waals surface area contributed by atoms with Gasteiger partial charge in [0, 0.05) is 6.42 Å². The topological polar surface area (TPSA) is 64.6 Å². The summed E-state index contributed by atoms with van der Waals surface area (Å²) >= 11 is 0. The van der Waals surface area contributed by atoms with Gasteiger partial charge in [-0.3, -0.25) is 4.79 Å². The lowest BCUT2D eigenvalue weighted by molar-refractivity contribution is -0.131. The molecule has 0 fully saturated rings. The van der Waals surface area contributed by atoms with E-state index in [1.807, 2.05) is 43.3 Å². The summed E-state index contributed by atoms with van der Waals surface area (Å²) in [5.41, 5.74) is 2.37. The van der Waals surface area contributed by atoms with Crippen molar-refractivity contribution in [2.24, 2.45) is 0 Å². The third kappa shape index (κ3) is 3.65. The van der Waals surface area contributed by atoms with Gasteiger partial charge < -0.3 is 14.8 Å². The molecule has 2 unspecified atom stereocenters. The van der Waals surface area contributed by atoms with Gasteiger partial charge in [0.15, 0.2) is 6.10 Å². The number of amides is 1. The van der Waals surface area contributed by atoms with Crippen molar-refractivity contribution in [3.63, 3.8) is 0 Å². The fraction of sp³-hybridized carbons (Fsp3) is 0.300. The Morgan fingerprint density at radius 2 is 1.96 bits per heavy atom. The van der Waals surface area contributed by atoms with Gasteiger partial charge >= 0.3 is 5.97 Å². The number of esters is 1. The van der Waals surface area contributed by atoms with E-state index in [1.165, 1.54) is 0 Å². The van der Waals surface area contributed by atoms with Crippen LogP contribution in [0.1, 0.15) is 40.9 Å². The number of cyclic esters (lactones) is 1. The molecule has 1 aliphatic heterocycles. The van der Waals surface area contributed by atoms with Crippen molar-refractivity contribution in [3.8, 4) is 5.75 Å². The fourth-order valence-electron chi connectivity index (χ4n) is 3.00. The summed E-state index contributed by atoms with van der Waals surface area (Å²) in [5, 5.41) is 2.98. The average molecular weight is 339 g/mol. The molecule has 0 saturated carbocycles. The molecular weight excluding hydrogens is 318 g/mol. The molecule has 1 N–H and O–H groups in total. The van der Waals surface area contributed by atoms with E-state index in [-0.39, 0.29) is 11.9 Å². The van der Waals surface area contributed by atoms with Crippen molar-refractivity contribution < 1.29 is 19.1 Å². The minimum Gasteiger partial charge on any atom is -0.497 e. The molecule has 130 valence electrons. The van der Waals surface area contributed by atoms with Gasteiger partial charge in [0.25, 0.3) is 5.91 Å². The van der Waals surface area contributed by atoms with Crippen LogP contribution < -0.4 is 10.1 Å². The van der Waals surface area contributed by atoms with E-state index in [0.717, 1.165) is 23.3 Å². The predicted molar refractivity (Wildman–Crippen MR) is 93.5 cm³/mol. The smallest absolute Gasteiger partial charge is 0.339 e. The van der Waals surface area contributed by atoms with E-state index in [0.29, 0.717) is 12.0 Å². The Balaban J connectivity index is 1.71. The van der Waals surface area contributed by atoms with Crippen LogP contribution in [-0.2, 0) is 16.0 Å². The van der Waals surface area contributed by atoms with Crippen molar-refractivity contribution in [1.82, 2.24) is 5.32 Å². The summed E-state index contributed by atoms with van der Waals surface area (Å²) in [6.45, 7) is 2.00. The van der Waals surface area contributed by atoms with Crippen LogP contribution >= 0.6 is 0 Å². The summed E-state index contributed by atoms with van der Waals surface area (Å²) in [5.74, 6) is 0.0489. The molecule has 2 aromatic rings. The third-order valence-electron chi connectivity index (χ3n) is 4.43. The van der Waals surface area contributed by atoms with Gasteiger partial charge in [-0.25, -0.2) is 4.79 Å². The second-order valence-corrected chi connectivity index (χ2v) is 6.00. The van der Waals surface area contributed by atoms with Crippen LogP contribution in [0.25, 0.3) is 0 Å². The van der Waals surface area contributed by atoms with E-state index in [2.05, 4.69) is 5.32 Å². The molecule has 2 atom stereocenters. The molecule has 3 rings (SSSR count). The number of rotatable bonds is 5. The first-order valence-corrected chi connectivity index (χ1v) is 8.35. The molecule has 2 aromatic carbocycles. The number of nitrogens with one attached hydrogen (secondary N) is 1. The molecule has 1 heterocycles. The number of fused-ring (bicyclic) bond motifs is 1. The van der Waals surface area contributed by atoms with E-state index in [9.17, 15) is 9.59 Å². The Labute approximate surface area is 147 Å². The lowest BCUT2D eigenvalue weighted by Crippen LogP contribution is -2.43. The minimum atomic E-state index is -0.797. The maximum absolute atomic E-state index is 12.6. The van der Waals surface area contributed by atoms with Crippen LogP contribution in [0.4, 0.5) is 0 Å². The Morgan fingerprint density at radius 3 is 2.64 bits per heavy atom. The number of carbonyl (C=O) groups excluding carboxylic acids is 2. The normalized spacial score (nSPS) is 17.2. The van der Waals surface area contributed by atoms with Gasteiger partial charge in [-0.2, -0.15) is 0 Å². The highest BCUT2D eigenvalue weighted by atomic mass is 16.5. The maximum atomic E-state index is 12.6. The largest absolute Gasteiger partial charge is 0.497 e. The zero-order valence-corrected chi connectivity index (χ0v) is 14.3. The van der Waals surface area contributed by atoms with Crippen LogP contribution in [0.3, 0.4) is 0 Å². The van der Waals surface area contributed by atoms with Crippen molar-refractivity contribution >= 4 is 11.9 Å². The van der Waals surface area contributed by atoms with Gasteiger partial charge in [-0.1, -0.05) is 37.3 Å². The monoisotopic (exact) mass is 339 g/mol. The molecule has 0 saturated heterocycles. The van der Waals surface area contributed by atoms with Crippen molar-refractivity contribution in [3.05, 3.63) is 65.2 Å². The van der Waals surface area contributed by atoms with Gasteiger partial charge in [0.05, 0.1) is 18.7 Å². The van der Waals surface area contributed by atoms with Gasteiger partial charge in [0.2, 0.25) is 0 Å². The molecule has 0 bridgehead atoms. The number of hydrogen-bond acceptors (Lipinski definition) is 4. The SMILES string of the molecule is CCC(NC(=O)C1Cc2ccccc2C(=O)O1)c1ccc(OC)cc1. The predicted octanol–water partition coefficient (Wildman–Crippen LogP) is 3.04. The number of carbonyl (C=O) groups is 2. The average Bonchev–Trinajstić information content (AvgIpc) is 2.66. The number of methoxy groups -OCH3 is 1. The molecule has 1 amide bonds. The van der Waals surface area contributed by atoms with E-state index in [4.69, 9.17) is 9.47 Å². The Bertz CT molecular complexity index is 770. The van der Waals surface area contributed by atoms with Crippen molar-refractivity contribution in [2.45, 2.75) is 31.9 Å². The quantitative estimate of drug-likeness (QED) is 0.851. The lowest BCUT2D eigenvalue weighted by atomic mass is 9.97. The molecule has 0 aliphatic carbocycles. The van der Waals surface area contributed by atoms with Crippen LogP contribution in [0.5, 0.6) is 5.75 Å². The van der Waals surface area contributed by atoms with E-state index < -0.39 is 12.1 Å². The lowest BCUT2D eigenvalue weighted by Gasteiger charge is -2.26. The van der Waals surface area contributed by atoms with Gasteiger partial charge in [0.1, 0.15) is 5.75 Å². The molecule has 5 nitrogen and oxygen atoms in total. The summed E-state index contributed by atoms with van der Waals surface area (Å²) in [6.07, 6.45) is 0.331. The van der Waals surface area contributed by atoms with Gasteiger partial charge in [-0.15, -0.1) is 0 Å². The van der Waals surface area contributed by atoms with E-state index in [1.54, 1.807) is 19.2 Å². The summed E-state index contributed by atoms with van der Waals surface area (Å²) in [6, 6.07) is 14.7. The third-order valence-corrected chi connectivity index (χ3v) is 4.43. The molecule has 5 heteroatoms. The Morgan fingerprint density at radius 1 is 1.24 bits per heavy atom. The highest BCUT2D eigenvalue weighted by molar-refractivity contribution is 5.95.